The Balaban J connectivity index is 1.89. The van der Waals surface area contributed by atoms with Gasteiger partial charge in [0.25, 0.3) is 5.92 Å². The lowest BCUT2D eigenvalue weighted by molar-refractivity contribution is -0.116. The molecule has 0 amide bonds. The van der Waals surface area contributed by atoms with Crippen molar-refractivity contribution in [2.45, 2.75) is 24.7 Å². The van der Waals surface area contributed by atoms with Crippen molar-refractivity contribution in [3.05, 3.63) is 22.7 Å². The first-order valence-corrected chi connectivity index (χ1v) is 7.21. The summed E-state index contributed by atoms with van der Waals surface area (Å²) in [6.45, 7) is 1.17. The number of rotatable bonds is 8. The minimum atomic E-state index is -3.18. The minimum absolute atomic E-state index is 0.0336. The van der Waals surface area contributed by atoms with Crippen LogP contribution in [0.5, 0.6) is 0 Å². The number of nitrogens with zero attached hydrogens (tertiary/aromatic N) is 2. The quantitative estimate of drug-likeness (QED) is 0.542. The van der Waals surface area contributed by atoms with Crippen molar-refractivity contribution >= 4 is 5.82 Å². The molecule has 1 fully saturated rings. The van der Waals surface area contributed by atoms with E-state index in [1.807, 2.05) is 0 Å². The van der Waals surface area contributed by atoms with Crippen molar-refractivity contribution in [3.63, 3.8) is 0 Å². The van der Waals surface area contributed by atoms with Crippen LogP contribution >= 0.6 is 0 Å². The van der Waals surface area contributed by atoms with Gasteiger partial charge in [-0.15, -0.1) is 0 Å². The van der Waals surface area contributed by atoms with Gasteiger partial charge < -0.3 is 25.6 Å². The fraction of sp³-hybridized carbons (Fsp3) is 0.692. The van der Waals surface area contributed by atoms with E-state index in [1.165, 1.54) is 6.07 Å². The molecule has 0 bridgehead atoms. The van der Waals surface area contributed by atoms with Crippen molar-refractivity contribution < 1.29 is 23.4 Å². The number of alkyl halides is 2. The fourth-order valence-corrected chi connectivity index (χ4v) is 2.30. The molecule has 0 saturated carbocycles. The summed E-state index contributed by atoms with van der Waals surface area (Å²) in [5.41, 5.74) is 4.47. The Morgan fingerprint density at radius 3 is 3.04 bits per heavy atom. The van der Waals surface area contributed by atoms with E-state index in [0.717, 1.165) is 10.8 Å². The molecule has 130 valence electrons. The fourth-order valence-electron chi connectivity index (χ4n) is 2.30. The molecule has 1 saturated heterocycles. The van der Waals surface area contributed by atoms with Gasteiger partial charge in [-0.3, -0.25) is 4.57 Å². The molecule has 0 radical (unpaired) electrons. The topological polar surface area (TPSA) is 112 Å². The van der Waals surface area contributed by atoms with Gasteiger partial charge >= 0.3 is 5.69 Å². The number of nitrogens with two attached hydrogens (primary N) is 1. The number of anilines is 1. The number of aromatic nitrogens is 2. The molecular formula is C13H20F2N4O4. The maximum atomic E-state index is 14.1. The van der Waals surface area contributed by atoms with Gasteiger partial charge in [0.1, 0.15) is 5.82 Å². The number of nitrogen functional groups attached to an aromatic ring is 1. The highest BCUT2D eigenvalue weighted by molar-refractivity contribution is 5.23. The molecule has 0 aliphatic carbocycles. The van der Waals surface area contributed by atoms with Gasteiger partial charge in [-0.1, -0.05) is 0 Å². The molecule has 1 aliphatic heterocycles. The van der Waals surface area contributed by atoms with E-state index in [0.29, 0.717) is 13.2 Å². The van der Waals surface area contributed by atoms with Gasteiger partial charge in [-0.25, -0.2) is 13.6 Å². The van der Waals surface area contributed by atoms with Gasteiger partial charge in [-0.2, -0.15) is 4.98 Å². The van der Waals surface area contributed by atoms with Crippen LogP contribution in [-0.2, 0) is 9.47 Å². The zero-order valence-electron chi connectivity index (χ0n) is 12.5. The van der Waals surface area contributed by atoms with E-state index in [9.17, 15) is 13.6 Å². The molecule has 8 nitrogen and oxygen atoms in total. The van der Waals surface area contributed by atoms with Crippen LogP contribution in [0.15, 0.2) is 17.1 Å². The summed E-state index contributed by atoms with van der Waals surface area (Å²) in [5.74, 6) is -3.21. The van der Waals surface area contributed by atoms with Gasteiger partial charge in [0.05, 0.1) is 25.9 Å². The molecular weight excluding hydrogens is 314 g/mol. The predicted molar refractivity (Wildman–Crippen MR) is 77.2 cm³/mol. The Labute approximate surface area is 131 Å². The monoisotopic (exact) mass is 334 g/mol. The second-order valence-electron chi connectivity index (χ2n) is 5.16. The highest BCUT2D eigenvalue weighted by Gasteiger charge is 2.51. The van der Waals surface area contributed by atoms with Crippen LogP contribution < -0.4 is 16.7 Å². The Bertz CT molecular complexity index is 569. The Morgan fingerprint density at radius 1 is 1.57 bits per heavy atom. The molecule has 0 aromatic carbocycles. The summed E-state index contributed by atoms with van der Waals surface area (Å²) in [5, 5.41) is 11.5. The summed E-state index contributed by atoms with van der Waals surface area (Å²) in [6.07, 6.45) is -1.78. The average Bonchev–Trinajstić information content (AvgIpc) is 2.77. The third-order valence-electron chi connectivity index (χ3n) is 3.32. The molecule has 23 heavy (non-hydrogen) atoms. The SMILES string of the molecule is Nc1ccn([C@@H]2O[C@H](CNCCOCCO)CC2(F)F)c(=O)n1. The standard InChI is InChI=1S/C13H20F2N4O4/c14-13(15)7-9(8-17-2-5-22-6-4-20)23-11(13)19-3-1-10(16)18-12(19)21/h1,3,9,11,17,20H,2,4-8H2,(H2,16,18,21)/t9-,11+/m0/s1. The van der Waals surface area contributed by atoms with Crippen molar-refractivity contribution in [3.8, 4) is 0 Å². The van der Waals surface area contributed by atoms with E-state index in [1.54, 1.807) is 0 Å². The molecule has 10 heteroatoms. The predicted octanol–water partition coefficient (Wildman–Crippen LogP) is -0.653. The molecule has 0 spiro atoms. The van der Waals surface area contributed by atoms with Gasteiger partial charge in [0, 0.05) is 25.7 Å². The second kappa shape index (κ2) is 7.77. The van der Waals surface area contributed by atoms with Crippen molar-refractivity contribution in [1.29, 1.82) is 0 Å². The minimum Gasteiger partial charge on any atom is -0.394 e. The third kappa shape index (κ3) is 4.67. The number of nitrogens with one attached hydrogen (secondary N) is 1. The summed E-state index contributed by atoms with van der Waals surface area (Å²) < 4.78 is 39.2. The third-order valence-corrected chi connectivity index (χ3v) is 3.32. The lowest BCUT2D eigenvalue weighted by Crippen LogP contribution is -2.35. The van der Waals surface area contributed by atoms with Crippen LogP contribution in [-0.4, -0.2) is 59.6 Å². The highest BCUT2D eigenvalue weighted by atomic mass is 19.3. The van der Waals surface area contributed by atoms with Crippen LogP contribution in [0.3, 0.4) is 0 Å². The zero-order valence-corrected chi connectivity index (χ0v) is 12.5. The number of aliphatic hydroxyl groups is 1. The Hall–Kier alpha value is -1.62. The summed E-state index contributed by atoms with van der Waals surface area (Å²) in [4.78, 5) is 15.1. The van der Waals surface area contributed by atoms with Crippen LogP contribution in [0.25, 0.3) is 0 Å². The maximum Gasteiger partial charge on any atom is 0.351 e. The number of halogens is 2. The first kappa shape index (κ1) is 17.7. The van der Waals surface area contributed by atoms with Gasteiger partial charge in [-0.05, 0) is 6.07 Å². The maximum absolute atomic E-state index is 14.1. The van der Waals surface area contributed by atoms with Crippen LogP contribution in [0.1, 0.15) is 12.6 Å². The number of hydrogen-bond donors (Lipinski definition) is 3. The molecule has 2 atom stereocenters. The van der Waals surface area contributed by atoms with Crippen molar-refractivity contribution in [1.82, 2.24) is 14.9 Å². The second-order valence-corrected chi connectivity index (χ2v) is 5.16. The summed E-state index contributed by atoms with van der Waals surface area (Å²) in [7, 11) is 0. The molecule has 4 N–H and O–H groups in total. The molecule has 1 aromatic rings. The Morgan fingerprint density at radius 2 is 2.35 bits per heavy atom. The first-order chi connectivity index (χ1) is 10.9. The normalized spacial score (nSPS) is 23.3. The van der Waals surface area contributed by atoms with E-state index in [2.05, 4.69) is 10.3 Å². The number of hydrogen-bond acceptors (Lipinski definition) is 7. The first-order valence-electron chi connectivity index (χ1n) is 7.21. The van der Waals surface area contributed by atoms with Gasteiger partial charge in [0.15, 0.2) is 0 Å². The van der Waals surface area contributed by atoms with E-state index in [-0.39, 0.29) is 25.6 Å². The number of aliphatic hydroxyl groups excluding tert-OH is 1. The molecule has 2 heterocycles. The van der Waals surface area contributed by atoms with Crippen LogP contribution in [0, 0.1) is 0 Å². The van der Waals surface area contributed by atoms with E-state index >= 15 is 0 Å². The lowest BCUT2D eigenvalue weighted by Gasteiger charge is -2.19. The highest BCUT2D eigenvalue weighted by Crippen LogP contribution is 2.41. The lowest BCUT2D eigenvalue weighted by atomic mass is 10.2. The van der Waals surface area contributed by atoms with Crippen LogP contribution in [0.2, 0.25) is 0 Å². The molecule has 2 rings (SSSR count). The van der Waals surface area contributed by atoms with Gasteiger partial charge in [0.2, 0.25) is 6.23 Å². The van der Waals surface area contributed by atoms with E-state index < -0.39 is 30.4 Å². The molecule has 0 unspecified atom stereocenters. The molecule has 1 aliphatic rings. The average molecular weight is 334 g/mol. The summed E-state index contributed by atoms with van der Waals surface area (Å²) >= 11 is 0. The summed E-state index contributed by atoms with van der Waals surface area (Å²) in [6, 6.07) is 1.27. The zero-order chi connectivity index (χ0) is 16.9. The smallest absolute Gasteiger partial charge is 0.351 e. The van der Waals surface area contributed by atoms with Crippen LogP contribution in [0.4, 0.5) is 14.6 Å². The van der Waals surface area contributed by atoms with Crippen molar-refractivity contribution in [2.24, 2.45) is 0 Å². The largest absolute Gasteiger partial charge is 0.394 e. The molecule has 1 aromatic heterocycles. The van der Waals surface area contributed by atoms with Crippen molar-refractivity contribution in [2.75, 3.05) is 38.6 Å². The van der Waals surface area contributed by atoms with E-state index in [4.69, 9.17) is 20.3 Å². The number of ether oxygens (including phenoxy) is 2. The Kier molecular flexibility index (Phi) is 5.99.